The summed E-state index contributed by atoms with van der Waals surface area (Å²) < 4.78 is 0. The highest BCUT2D eigenvalue weighted by atomic mass is 16.2. The van der Waals surface area contributed by atoms with Crippen LogP contribution in [0.4, 0.5) is 0 Å². The van der Waals surface area contributed by atoms with Gasteiger partial charge in [0.25, 0.3) is 5.91 Å². The molecule has 0 aromatic carbocycles. The monoisotopic (exact) mass is 338 g/mol. The Labute approximate surface area is 151 Å². The molecule has 0 saturated carbocycles. The van der Waals surface area contributed by atoms with E-state index in [2.05, 4.69) is 18.9 Å². The molecular formula is C21H42N2O. The molecule has 0 unspecified atom stereocenters. The molecule has 0 bridgehead atoms. The highest BCUT2D eigenvalue weighted by molar-refractivity contribution is 5.92. The van der Waals surface area contributed by atoms with Crippen LogP contribution in [0.3, 0.4) is 0 Å². The van der Waals surface area contributed by atoms with Crippen molar-refractivity contribution in [1.82, 2.24) is 10.0 Å². The van der Waals surface area contributed by atoms with Crippen molar-refractivity contribution in [3.05, 3.63) is 11.6 Å². The fourth-order valence-electron chi connectivity index (χ4n) is 2.96. The predicted octanol–water partition coefficient (Wildman–Crippen LogP) is 5.96. The Morgan fingerprint density at radius 2 is 1.29 bits per heavy atom. The number of hydrogen-bond acceptors (Lipinski definition) is 2. The number of carbonyl (C=O) groups excluding carboxylic acids is 1. The molecule has 0 fully saturated rings. The van der Waals surface area contributed by atoms with E-state index in [9.17, 15) is 4.79 Å². The van der Waals surface area contributed by atoms with Gasteiger partial charge in [-0.3, -0.25) is 9.80 Å². The predicted molar refractivity (Wildman–Crippen MR) is 106 cm³/mol. The quantitative estimate of drug-likeness (QED) is 0.209. The van der Waals surface area contributed by atoms with Gasteiger partial charge in [-0.2, -0.15) is 0 Å². The Morgan fingerprint density at radius 1 is 0.792 bits per heavy atom. The van der Waals surface area contributed by atoms with Gasteiger partial charge in [0.2, 0.25) is 0 Å². The van der Waals surface area contributed by atoms with Gasteiger partial charge in [-0.25, -0.2) is 5.01 Å². The number of amides is 1. The maximum atomic E-state index is 12.3. The first-order valence-electron chi connectivity index (χ1n) is 10.2. The second-order valence-electron chi connectivity index (χ2n) is 6.94. The van der Waals surface area contributed by atoms with Crippen molar-refractivity contribution in [3.63, 3.8) is 0 Å². The minimum Gasteiger partial charge on any atom is -0.275 e. The average molecular weight is 339 g/mol. The summed E-state index contributed by atoms with van der Waals surface area (Å²) in [6, 6.07) is 0. The molecule has 0 aliphatic carbocycles. The molecule has 0 rings (SSSR count). The third-order valence-electron chi connectivity index (χ3n) is 4.74. The van der Waals surface area contributed by atoms with E-state index in [1.807, 2.05) is 32.0 Å². The molecule has 0 atom stereocenters. The molecule has 0 heterocycles. The van der Waals surface area contributed by atoms with Crippen molar-refractivity contribution in [3.8, 4) is 0 Å². The Kier molecular flexibility index (Phi) is 15.1. The molecule has 3 nitrogen and oxygen atoms in total. The maximum absolute atomic E-state index is 12.3. The molecule has 0 radical (unpaired) electrons. The summed E-state index contributed by atoms with van der Waals surface area (Å²) in [5.41, 5.74) is 0.821. The smallest absolute Gasteiger partial charge is 0.263 e. The number of hydrazine groups is 1. The minimum atomic E-state index is 0.123. The average Bonchev–Trinajstić information content (AvgIpc) is 2.60. The Balaban J connectivity index is 3.88. The van der Waals surface area contributed by atoms with Gasteiger partial charge in [0.05, 0.1) is 0 Å². The van der Waals surface area contributed by atoms with E-state index >= 15 is 0 Å². The van der Waals surface area contributed by atoms with E-state index in [0.29, 0.717) is 0 Å². The molecule has 24 heavy (non-hydrogen) atoms. The summed E-state index contributed by atoms with van der Waals surface area (Å²) in [4.78, 5) is 12.3. The van der Waals surface area contributed by atoms with Gasteiger partial charge >= 0.3 is 0 Å². The van der Waals surface area contributed by atoms with E-state index in [-0.39, 0.29) is 5.91 Å². The fraction of sp³-hybridized carbons (Fsp3) is 0.857. The number of rotatable bonds is 15. The summed E-state index contributed by atoms with van der Waals surface area (Å²) in [7, 11) is 1.90. The normalized spacial score (nSPS) is 12.0. The molecule has 0 aromatic heterocycles. The number of hydrogen-bond donors (Lipinski definition) is 0. The first-order valence-corrected chi connectivity index (χ1v) is 10.2. The summed E-state index contributed by atoms with van der Waals surface area (Å²) in [5, 5.41) is 4.02. The molecule has 142 valence electrons. The van der Waals surface area contributed by atoms with Crippen LogP contribution in [0.25, 0.3) is 0 Å². The highest BCUT2D eigenvalue weighted by Gasteiger charge is 2.17. The lowest BCUT2D eigenvalue weighted by atomic mass is 10.1. The number of nitrogens with zero attached hydrogens (tertiary/aromatic N) is 2. The summed E-state index contributed by atoms with van der Waals surface area (Å²) in [5.74, 6) is 0.123. The standard InChI is InChI=1S/C21H42N2O/c1-6-9-10-11-12-13-14-15-16-17-19-23(18-7-2)22(5)21(24)20(4)8-3/h8H,6-7,9-19H2,1-5H3. The zero-order valence-corrected chi connectivity index (χ0v) is 17.1. The lowest BCUT2D eigenvalue weighted by Gasteiger charge is -2.32. The Bertz CT molecular complexity index is 339. The van der Waals surface area contributed by atoms with E-state index in [1.54, 1.807) is 0 Å². The van der Waals surface area contributed by atoms with Crippen LogP contribution in [0.15, 0.2) is 11.6 Å². The minimum absolute atomic E-state index is 0.123. The topological polar surface area (TPSA) is 23.6 Å². The molecule has 0 N–H and O–H groups in total. The summed E-state index contributed by atoms with van der Waals surface area (Å²) >= 11 is 0. The number of likely N-dealkylation sites (N-methyl/N-ethyl adjacent to an activating group) is 1. The van der Waals surface area contributed by atoms with Crippen molar-refractivity contribution in [2.75, 3.05) is 20.1 Å². The lowest BCUT2D eigenvalue weighted by Crippen LogP contribution is -2.45. The van der Waals surface area contributed by atoms with Gasteiger partial charge in [0.15, 0.2) is 0 Å². The number of unbranched alkanes of at least 4 members (excludes halogenated alkanes) is 9. The van der Waals surface area contributed by atoms with Crippen molar-refractivity contribution in [2.24, 2.45) is 0 Å². The van der Waals surface area contributed by atoms with Gasteiger partial charge in [-0.1, -0.05) is 77.7 Å². The number of carbonyl (C=O) groups is 1. The van der Waals surface area contributed by atoms with Gasteiger partial charge < -0.3 is 0 Å². The van der Waals surface area contributed by atoms with Crippen molar-refractivity contribution in [1.29, 1.82) is 0 Å². The second kappa shape index (κ2) is 15.7. The van der Waals surface area contributed by atoms with Crippen molar-refractivity contribution < 1.29 is 4.79 Å². The first kappa shape index (κ1) is 23.2. The SMILES string of the molecule is CC=C(C)C(=O)N(C)N(CCC)CCCCCCCCCCCC. The van der Waals surface area contributed by atoms with Crippen LogP contribution in [0.5, 0.6) is 0 Å². The van der Waals surface area contributed by atoms with E-state index < -0.39 is 0 Å². The van der Waals surface area contributed by atoms with Crippen LogP contribution >= 0.6 is 0 Å². The molecule has 0 saturated heterocycles. The summed E-state index contributed by atoms with van der Waals surface area (Å²) in [6.45, 7) is 10.2. The molecule has 0 aliphatic heterocycles. The van der Waals surface area contributed by atoms with Crippen LogP contribution < -0.4 is 0 Å². The van der Waals surface area contributed by atoms with Crippen LogP contribution in [0.2, 0.25) is 0 Å². The van der Waals surface area contributed by atoms with E-state index in [1.165, 1.54) is 64.2 Å². The molecule has 0 spiro atoms. The zero-order chi connectivity index (χ0) is 18.2. The largest absolute Gasteiger partial charge is 0.275 e. The lowest BCUT2D eigenvalue weighted by molar-refractivity contribution is -0.141. The number of allylic oxidation sites excluding steroid dienone is 1. The molecule has 0 aliphatic rings. The fourth-order valence-corrected chi connectivity index (χ4v) is 2.96. The van der Waals surface area contributed by atoms with Gasteiger partial charge in [-0.15, -0.1) is 0 Å². The van der Waals surface area contributed by atoms with Gasteiger partial charge in [0.1, 0.15) is 0 Å². The van der Waals surface area contributed by atoms with Crippen LogP contribution in [-0.2, 0) is 4.79 Å². The third-order valence-corrected chi connectivity index (χ3v) is 4.74. The Morgan fingerprint density at radius 3 is 1.75 bits per heavy atom. The highest BCUT2D eigenvalue weighted by Crippen LogP contribution is 2.12. The zero-order valence-electron chi connectivity index (χ0n) is 17.1. The molecule has 0 aromatic rings. The van der Waals surface area contributed by atoms with Crippen LogP contribution in [0.1, 0.15) is 98.3 Å². The van der Waals surface area contributed by atoms with E-state index in [0.717, 1.165) is 25.1 Å². The second-order valence-corrected chi connectivity index (χ2v) is 6.94. The summed E-state index contributed by atoms with van der Waals surface area (Å²) in [6.07, 6.45) is 16.5. The van der Waals surface area contributed by atoms with Crippen molar-refractivity contribution >= 4 is 5.91 Å². The van der Waals surface area contributed by atoms with Crippen LogP contribution in [-0.4, -0.2) is 36.1 Å². The Hall–Kier alpha value is -0.830. The first-order chi connectivity index (χ1) is 11.6. The van der Waals surface area contributed by atoms with Crippen molar-refractivity contribution in [2.45, 2.75) is 98.3 Å². The maximum Gasteiger partial charge on any atom is 0.263 e. The molecule has 3 heteroatoms. The molecular weight excluding hydrogens is 296 g/mol. The van der Waals surface area contributed by atoms with E-state index in [4.69, 9.17) is 0 Å². The molecule has 1 amide bonds. The third kappa shape index (κ3) is 10.9. The van der Waals surface area contributed by atoms with Gasteiger partial charge in [-0.05, 0) is 26.7 Å². The van der Waals surface area contributed by atoms with Crippen LogP contribution in [0, 0.1) is 0 Å². The van der Waals surface area contributed by atoms with Gasteiger partial charge in [0, 0.05) is 25.7 Å².